The fourth-order valence-corrected chi connectivity index (χ4v) is 2.89. The second-order valence-corrected chi connectivity index (χ2v) is 6.36. The van der Waals surface area contributed by atoms with Gasteiger partial charge in [0.25, 0.3) is 0 Å². The molecule has 0 rings (SSSR count). The summed E-state index contributed by atoms with van der Waals surface area (Å²) in [5.74, 6) is 0. The SMILES string of the molecule is C=COC(CC)CCCCCCCCCCCCCCC. The minimum absolute atomic E-state index is 0.398. The second kappa shape index (κ2) is 17.6. The molecule has 0 bridgehead atoms. The minimum Gasteiger partial charge on any atom is -0.499 e. The van der Waals surface area contributed by atoms with E-state index in [2.05, 4.69) is 20.4 Å². The van der Waals surface area contributed by atoms with Crippen LogP contribution in [0.2, 0.25) is 0 Å². The van der Waals surface area contributed by atoms with Crippen LogP contribution in [0, 0.1) is 0 Å². The van der Waals surface area contributed by atoms with Crippen LogP contribution in [0.1, 0.15) is 110 Å². The van der Waals surface area contributed by atoms with Crippen molar-refractivity contribution in [3.05, 3.63) is 12.8 Å². The molecule has 0 saturated heterocycles. The van der Waals surface area contributed by atoms with E-state index in [0.29, 0.717) is 6.10 Å². The molecule has 1 atom stereocenters. The molecule has 1 nitrogen and oxygen atoms in total. The molecular formula is C20H40O. The van der Waals surface area contributed by atoms with Gasteiger partial charge in [-0.2, -0.15) is 0 Å². The normalized spacial score (nSPS) is 12.3. The monoisotopic (exact) mass is 296 g/mol. The van der Waals surface area contributed by atoms with Crippen LogP contribution in [0.5, 0.6) is 0 Å². The molecule has 1 unspecified atom stereocenters. The van der Waals surface area contributed by atoms with E-state index in [1.165, 1.54) is 89.9 Å². The third-order valence-electron chi connectivity index (χ3n) is 4.37. The molecule has 0 aliphatic carbocycles. The maximum absolute atomic E-state index is 5.46. The van der Waals surface area contributed by atoms with Crippen molar-refractivity contribution in [3.63, 3.8) is 0 Å². The predicted molar refractivity (Wildman–Crippen MR) is 95.7 cm³/mol. The van der Waals surface area contributed by atoms with Crippen LogP contribution in [0.25, 0.3) is 0 Å². The molecule has 21 heavy (non-hydrogen) atoms. The number of rotatable bonds is 17. The van der Waals surface area contributed by atoms with Crippen LogP contribution >= 0.6 is 0 Å². The van der Waals surface area contributed by atoms with Crippen molar-refractivity contribution in [2.24, 2.45) is 0 Å². The minimum atomic E-state index is 0.398. The first-order valence-corrected chi connectivity index (χ1v) is 9.61. The third-order valence-corrected chi connectivity index (χ3v) is 4.37. The molecule has 0 aliphatic heterocycles. The standard InChI is InChI=1S/C20H40O/c1-4-7-8-9-10-11-12-13-14-15-16-17-18-19-20(5-2)21-6-3/h6,20H,3-5,7-19H2,1-2H3. The Labute approximate surface area is 134 Å². The highest BCUT2D eigenvalue weighted by Gasteiger charge is 2.04. The third kappa shape index (κ3) is 15.7. The van der Waals surface area contributed by atoms with E-state index in [0.717, 1.165) is 6.42 Å². The Balaban J connectivity index is 3.10. The fourth-order valence-electron chi connectivity index (χ4n) is 2.89. The lowest BCUT2D eigenvalue weighted by atomic mass is 10.0. The summed E-state index contributed by atoms with van der Waals surface area (Å²) < 4.78 is 5.46. The van der Waals surface area contributed by atoms with E-state index in [9.17, 15) is 0 Å². The molecule has 0 heterocycles. The summed E-state index contributed by atoms with van der Waals surface area (Å²) in [5.41, 5.74) is 0. The lowest BCUT2D eigenvalue weighted by molar-refractivity contribution is 0.129. The maximum atomic E-state index is 5.46. The van der Waals surface area contributed by atoms with Gasteiger partial charge in [0.2, 0.25) is 0 Å². The zero-order chi connectivity index (χ0) is 15.6. The average Bonchev–Trinajstić information content (AvgIpc) is 2.50. The molecule has 0 radical (unpaired) electrons. The summed E-state index contributed by atoms with van der Waals surface area (Å²) in [4.78, 5) is 0. The summed E-state index contributed by atoms with van der Waals surface area (Å²) in [5, 5.41) is 0. The first-order valence-electron chi connectivity index (χ1n) is 9.61. The smallest absolute Gasteiger partial charge is 0.0975 e. The van der Waals surface area contributed by atoms with Crippen LogP contribution in [0.15, 0.2) is 12.8 Å². The van der Waals surface area contributed by atoms with Crippen LogP contribution in [0.3, 0.4) is 0 Å². The van der Waals surface area contributed by atoms with Crippen molar-refractivity contribution in [2.75, 3.05) is 0 Å². The summed E-state index contributed by atoms with van der Waals surface area (Å²) in [6.45, 7) is 8.12. The quantitative estimate of drug-likeness (QED) is 0.200. The Kier molecular flexibility index (Phi) is 17.2. The topological polar surface area (TPSA) is 9.23 Å². The number of hydrogen-bond donors (Lipinski definition) is 0. The van der Waals surface area contributed by atoms with E-state index < -0.39 is 0 Å². The second-order valence-electron chi connectivity index (χ2n) is 6.36. The molecule has 0 N–H and O–H groups in total. The Bertz CT molecular complexity index is 200. The van der Waals surface area contributed by atoms with Crippen molar-refractivity contribution < 1.29 is 4.74 Å². The molecule has 0 aliphatic rings. The van der Waals surface area contributed by atoms with Crippen LogP contribution < -0.4 is 0 Å². The van der Waals surface area contributed by atoms with E-state index in [4.69, 9.17) is 4.74 Å². The summed E-state index contributed by atoms with van der Waals surface area (Å²) >= 11 is 0. The zero-order valence-corrected chi connectivity index (χ0v) is 14.9. The highest BCUT2D eigenvalue weighted by atomic mass is 16.5. The molecule has 126 valence electrons. The van der Waals surface area contributed by atoms with Gasteiger partial charge < -0.3 is 4.74 Å². The Hall–Kier alpha value is -0.460. The molecule has 0 aromatic rings. The summed E-state index contributed by atoms with van der Waals surface area (Å²) in [7, 11) is 0. The molecule has 0 saturated carbocycles. The largest absolute Gasteiger partial charge is 0.499 e. The first-order chi connectivity index (χ1) is 10.3. The Morgan fingerprint density at radius 3 is 1.52 bits per heavy atom. The van der Waals surface area contributed by atoms with Gasteiger partial charge in [-0.05, 0) is 19.3 Å². The highest BCUT2D eigenvalue weighted by molar-refractivity contribution is 4.61. The Morgan fingerprint density at radius 2 is 1.14 bits per heavy atom. The van der Waals surface area contributed by atoms with Gasteiger partial charge >= 0.3 is 0 Å². The van der Waals surface area contributed by atoms with Gasteiger partial charge in [-0.15, -0.1) is 0 Å². The zero-order valence-electron chi connectivity index (χ0n) is 14.9. The van der Waals surface area contributed by atoms with Crippen molar-refractivity contribution in [1.82, 2.24) is 0 Å². The van der Waals surface area contributed by atoms with Crippen molar-refractivity contribution >= 4 is 0 Å². The molecule has 1 heteroatoms. The van der Waals surface area contributed by atoms with Gasteiger partial charge in [0.1, 0.15) is 0 Å². The van der Waals surface area contributed by atoms with Crippen molar-refractivity contribution in [1.29, 1.82) is 0 Å². The first kappa shape index (κ1) is 20.5. The van der Waals surface area contributed by atoms with E-state index in [1.807, 2.05) is 0 Å². The van der Waals surface area contributed by atoms with Crippen molar-refractivity contribution in [2.45, 2.75) is 116 Å². The van der Waals surface area contributed by atoms with E-state index in [-0.39, 0.29) is 0 Å². The maximum Gasteiger partial charge on any atom is 0.0975 e. The number of unbranched alkanes of at least 4 members (excludes halogenated alkanes) is 12. The van der Waals surface area contributed by atoms with Gasteiger partial charge in [0.05, 0.1) is 12.4 Å². The average molecular weight is 297 g/mol. The number of hydrogen-bond acceptors (Lipinski definition) is 1. The van der Waals surface area contributed by atoms with Crippen LogP contribution in [-0.4, -0.2) is 6.10 Å². The van der Waals surface area contributed by atoms with Gasteiger partial charge in [-0.25, -0.2) is 0 Å². The molecule has 0 fully saturated rings. The molecule has 0 aromatic carbocycles. The highest BCUT2D eigenvalue weighted by Crippen LogP contribution is 2.14. The van der Waals surface area contributed by atoms with E-state index >= 15 is 0 Å². The van der Waals surface area contributed by atoms with E-state index in [1.54, 1.807) is 6.26 Å². The lowest BCUT2D eigenvalue weighted by Crippen LogP contribution is -2.07. The molecular weight excluding hydrogens is 256 g/mol. The van der Waals surface area contributed by atoms with Crippen molar-refractivity contribution in [3.8, 4) is 0 Å². The van der Waals surface area contributed by atoms with Gasteiger partial charge in [-0.3, -0.25) is 0 Å². The predicted octanol–water partition coefficient (Wildman–Crippen LogP) is 7.41. The Morgan fingerprint density at radius 1 is 0.714 bits per heavy atom. The molecule has 0 amide bonds. The summed E-state index contributed by atoms with van der Waals surface area (Å²) in [6, 6.07) is 0. The lowest BCUT2D eigenvalue weighted by Gasteiger charge is -2.13. The fraction of sp³-hybridized carbons (Fsp3) is 0.900. The van der Waals surface area contributed by atoms with Gasteiger partial charge in [-0.1, -0.05) is 97.5 Å². The molecule has 0 spiro atoms. The van der Waals surface area contributed by atoms with Crippen LogP contribution in [-0.2, 0) is 4.74 Å². The van der Waals surface area contributed by atoms with Gasteiger partial charge in [0.15, 0.2) is 0 Å². The summed E-state index contributed by atoms with van der Waals surface area (Å²) in [6.07, 6.45) is 22.8. The molecule has 0 aromatic heterocycles. The number of ether oxygens (including phenoxy) is 1. The van der Waals surface area contributed by atoms with Crippen LogP contribution in [0.4, 0.5) is 0 Å². The van der Waals surface area contributed by atoms with Gasteiger partial charge in [0, 0.05) is 0 Å².